The molecule has 1 amide bonds. The van der Waals surface area contributed by atoms with Crippen LogP contribution in [0, 0.1) is 0 Å². The highest BCUT2D eigenvalue weighted by Crippen LogP contribution is 2.15. The van der Waals surface area contributed by atoms with Crippen molar-refractivity contribution in [2.75, 3.05) is 0 Å². The first-order chi connectivity index (χ1) is 9.45. The largest absolute Gasteiger partial charge is 0.481 e. The van der Waals surface area contributed by atoms with Crippen molar-refractivity contribution in [1.29, 1.82) is 0 Å². The first-order valence-electron chi connectivity index (χ1n) is 5.38. The third-order valence-corrected chi connectivity index (χ3v) is 3.06. The second kappa shape index (κ2) is 7.12. The Labute approximate surface area is 114 Å². The molecule has 0 aromatic heterocycles. The summed E-state index contributed by atoms with van der Waals surface area (Å²) < 4.78 is 21.4. The molecule has 10 heteroatoms. The monoisotopic (exact) mass is 298 g/mol. The van der Waals surface area contributed by atoms with E-state index in [0.29, 0.717) is 5.01 Å². The second-order valence-corrected chi connectivity index (χ2v) is 4.64. The van der Waals surface area contributed by atoms with Gasteiger partial charge >= 0.3 is 11.9 Å². The first-order valence-corrected chi connectivity index (χ1v) is 6.46. The molecule has 1 N–H and O–H groups in total. The molecule has 0 radical (unpaired) electrons. The first kappa shape index (κ1) is 15.5. The summed E-state index contributed by atoms with van der Waals surface area (Å²) in [5.41, 5.74) is 8.63. The molecule has 0 bridgehead atoms. The van der Waals surface area contributed by atoms with Crippen LogP contribution in [0.15, 0.2) is 29.1 Å². The zero-order valence-electron chi connectivity index (χ0n) is 10.1. The fourth-order valence-corrected chi connectivity index (χ4v) is 1.80. The number of carboxylic acid groups (broad SMARTS) is 1. The number of hydrogen-bond donors (Lipinski definition) is 1. The number of carbonyl (C=O) groups excluding carboxylic acids is 1. The minimum atomic E-state index is -2.35. The third kappa shape index (κ3) is 4.26. The Balaban J connectivity index is 2.91. The lowest BCUT2D eigenvalue weighted by molar-refractivity contribution is -0.140. The molecule has 0 unspecified atom stereocenters. The molecule has 9 nitrogen and oxygen atoms in total. The van der Waals surface area contributed by atoms with Crippen molar-refractivity contribution in [3.05, 3.63) is 34.4 Å². The number of azide groups is 1. The maximum absolute atomic E-state index is 11.7. The lowest BCUT2D eigenvalue weighted by Crippen LogP contribution is -2.25. The van der Waals surface area contributed by atoms with Crippen LogP contribution in [0.25, 0.3) is 10.4 Å². The summed E-state index contributed by atoms with van der Waals surface area (Å²) in [4.78, 5) is 24.8. The van der Waals surface area contributed by atoms with Gasteiger partial charge in [0.15, 0.2) is 0 Å². The summed E-state index contributed by atoms with van der Waals surface area (Å²) in [5, 5.41) is 12.4. The van der Waals surface area contributed by atoms with Crippen LogP contribution in [0.3, 0.4) is 0 Å². The molecule has 0 fully saturated rings. The van der Waals surface area contributed by atoms with Gasteiger partial charge in [0, 0.05) is 6.42 Å². The van der Waals surface area contributed by atoms with Crippen LogP contribution in [0.4, 0.5) is 0 Å². The third-order valence-electron chi connectivity index (χ3n) is 2.33. The fraction of sp³-hybridized carbons (Fsp3) is 0.300. The van der Waals surface area contributed by atoms with Crippen LogP contribution in [0.5, 0.6) is 0 Å². The maximum Gasteiger partial charge on any atom is 0.318 e. The number of allylic oxidation sites excluding steroid dienone is 3. The summed E-state index contributed by atoms with van der Waals surface area (Å²) in [6.07, 6.45) is 3.33. The Kier molecular flexibility index (Phi) is 5.51. The van der Waals surface area contributed by atoms with Crippen molar-refractivity contribution in [1.82, 2.24) is 5.01 Å². The minimum absolute atomic E-state index is 0.0611. The second-order valence-electron chi connectivity index (χ2n) is 3.65. The van der Waals surface area contributed by atoms with Gasteiger partial charge in [-0.1, -0.05) is 0 Å². The number of nitrogens with zero attached hydrogens (tertiary/aromatic N) is 4. The Morgan fingerprint density at radius 1 is 1.40 bits per heavy atom. The standard InChI is InChI=1S/C10H10N4O5S/c11-12-13-14(9(15)5-6-10(16)17)7-1-3-8(4-2-7)20(18)19/h1-3H,4-6H2,(H,16,17). The van der Waals surface area contributed by atoms with E-state index in [1.165, 1.54) is 18.2 Å². The number of carbonyl (C=O) groups is 2. The van der Waals surface area contributed by atoms with Crippen molar-refractivity contribution in [3.8, 4) is 0 Å². The van der Waals surface area contributed by atoms with Crippen LogP contribution < -0.4 is 0 Å². The molecule has 0 aliphatic heterocycles. The molecule has 20 heavy (non-hydrogen) atoms. The SMILES string of the molecule is [N-]=[N+]=NN(C(=O)CCC(=O)O)C1=CCC(=S(=O)=O)C=C1. The van der Waals surface area contributed by atoms with Crippen molar-refractivity contribution < 1.29 is 23.1 Å². The molecule has 1 rings (SSSR count). The molecule has 0 aromatic rings. The lowest BCUT2D eigenvalue weighted by Gasteiger charge is -2.13. The average Bonchev–Trinajstić information content (AvgIpc) is 2.42. The van der Waals surface area contributed by atoms with E-state index in [4.69, 9.17) is 10.6 Å². The molecule has 0 saturated heterocycles. The lowest BCUT2D eigenvalue weighted by atomic mass is 10.1. The van der Waals surface area contributed by atoms with Gasteiger partial charge < -0.3 is 5.11 Å². The van der Waals surface area contributed by atoms with Crippen LogP contribution in [0.1, 0.15) is 19.3 Å². The van der Waals surface area contributed by atoms with Gasteiger partial charge in [0.25, 0.3) is 0 Å². The molecule has 0 heterocycles. The van der Waals surface area contributed by atoms with Crippen molar-refractivity contribution in [3.63, 3.8) is 0 Å². The van der Waals surface area contributed by atoms with E-state index in [1.54, 1.807) is 0 Å². The van der Waals surface area contributed by atoms with E-state index in [0.717, 1.165) is 0 Å². The van der Waals surface area contributed by atoms with Gasteiger partial charge in [-0.25, -0.2) is 4.79 Å². The van der Waals surface area contributed by atoms with E-state index in [2.05, 4.69) is 10.1 Å². The van der Waals surface area contributed by atoms with E-state index in [-0.39, 0.29) is 23.4 Å². The summed E-state index contributed by atoms with van der Waals surface area (Å²) in [5.74, 6) is -1.84. The fourth-order valence-electron chi connectivity index (χ4n) is 1.41. The minimum Gasteiger partial charge on any atom is -0.481 e. The van der Waals surface area contributed by atoms with Crippen LogP contribution in [-0.4, -0.2) is 35.3 Å². The molecule has 0 aromatic carbocycles. The molecular formula is C10H10N4O5S. The summed E-state index contributed by atoms with van der Waals surface area (Å²) in [6.45, 7) is 0. The van der Waals surface area contributed by atoms with Crippen LogP contribution >= 0.6 is 0 Å². The number of amides is 1. The van der Waals surface area contributed by atoms with E-state index >= 15 is 0 Å². The van der Waals surface area contributed by atoms with E-state index in [9.17, 15) is 18.0 Å². The highest BCUT2D eigenvalue weighted by atomic mass is 32.2. The molecule has 1 aliphatic rings. The summed E-state index contributed by atoms with van der Waals surface area (Å²) >= 11 is 0. The highest BCUT2D eigenvalue weighted by molar-refractivity contribution is 7.73. The molecule has 0 atom stereocenters. The number of aliphatic carboxylic acids is 1. The van der Waals surface area contributed by atoms with Gasteiger partial charge in [-0.05, 0) is 23.5 Å². The Morgan fingerprint density at radius 3 is 2.55 bits per heavy atom. The Morgan fingerprint density at radius 2 is 2.10 bits per heavy atom. The van der Waals surface area contributed by atoms with Crippen LogP contribution in [-0.2, 0) is 19.9 Å². The zero-order chi connectivity index (χ0) is 15.1. The zero-order valence-corrected chi connectivity index (χ0v) is 10.9. The topological polar surface area (TPSA) is 141 Å². The number of carboxylic acids is 1. The van der Waals surface area contributed by atoms with Gasteiger partial charge in [0.2, 0.25) is 10.3 Å². The summed E-state index contributed by atoms with van der Waals surface area (Å²) in [7, 11) is -2.35. The molecule has 1 aliphatic carbocycles. The van der Waals surface area contributed by atoms with Gasteiger partial charge in [-0.15, -0.1) is 10.5 Å². The Bertz CT molecular complexity index is 662. The highest BCUT2D eigenvalue weighted by Gasteiger charge is 2.23. The van der Waals surface area contributed by atoms with Gasteiger partial charge in [-0.3, -0.25) is 4.79 Å². The van der Waals surface area contributed by atoms with Crippen molar-refractivity contribution >= 4 is 27.0 Å². The smallest absolute Gasteiger partial charge is 0.318 e. The average molecular weight is 298 g/mol. The number of hydrogen-bond acceptors (Lipinski definition) is 5. The molecular weight excluding hydrogens is 288 g/mol. The predicted octanol–water partition coefficient (Wildman–Crippen LogP) is 0.800. The molecule has 0 saturated carbocycles. The number of rotatable bonds is 5. The van der Waals surface area contributed by atoms with E-state index < -0.39 is 28.6 Å². The maximum atomic E-state index is 11.7. The Hall–Kier alpha value is -2.58. The molecule has 106 valence electrons. The quantitative estimate of drug-likeness (QED) is 0.263. The van der Waals surface area contributed by atoms with Crippen LogP contribution in [0.2, 0.25) is 0 Å². The normalized spacial score (nSPS) is 13.2. The predicted molar refractivity (Wildman–Crippen MR) is 68.6 cm³/mol. The van der Waals surface area contributed by atoms with E-state index in [1.807, 2.05) is 0 Å². The van der Waals surface area contributed by atoms with Gasteiger partial charge in [-0.2, -0.15) is 13.3 Å². The summed E-state index contributed by atoms with van der Waals surface area (Å²) in [6, 6.07) is 0. The molecule has 0 spiro atoms. The van der Waals surface area contributed by atoms with Gasteiger partial charge in [0.05, 0.1) is 17.7 Å². The van der Waals surface area contributed by atoms with Crippen molar-refractivity contribution in [2.24, 2.45) is 5.22 Å². The van der Waals surface area contributed by atoms with Crippen molar-refractivity contribution in [2.45, 2.75) is 19.3 Å². The van der Waals surface area contributed by atoms with Gasteiger partial charge in [0.1, 0.15) is 5.70 Å².